The summed E-state index contributed by atoms with van der Waals surface area (Å²) in [6.07, 6.45) is 7.49. The number of rotatable bonds is 5. The third-order valence-electron chi connectivity index (χ3n) is 4.35. The predicted molar refractivity (Wildman–Crippen MR) is 92.7 cm³/mol. The number of carboxylic acid groups (broad SMARTS) is 1. The molecule has 0 radical (unpaired) electrons. The highest BCUT2D eigenvalue weighted by atomic mass is 32.2. The van der Waals surface area contributed by atoms with Crippen LogP contribution in [0.15, 0.2) is 36.8 Å². The fourth-order valence-corrected chi connectivity index (χ4v) is 3.93. The Morgan fingerprint density at radius 3 is 2.72 bits per heavy atom. The molecular formula is C17H19N3O4S. The van der Waals surface area contributed by atoms with Crippen molar-refractivity contribution < 1.29 is 18.3 Å². The number of carboxylic acids is 1. The molecule has 0 aliphatic carbocycles. The van der Waals surface area contributed by atoms with Crippen molar-refractivity contribution in [1.29, 1.82) is 0 Å². The molecule has 3 rings (SSSR count). The summed E-state index contributed by atoms with van der Waals surface area (Å²) in [4.78, 5) is 19.4. The molecule has 132 valence electrons. The molecule has 0 spiro atoms. The zero-order chi connectivity index (χ0) is 18.0. The molecule has 3 heterocycles. The van der Waals surface area contributed by atoms with Gasteiger partial charge in [0.2, 0.25) is 10.0 Å². The normalized spacial score (nSPS) is 18.4. The van der Waals surface area contributed by atoms with Crippen LogP contribution in [-0.4, -0.2) is 53.1 Å². The van der Waals surface area contributed by atoms with Crippen LogP contribution >= 0.6 is 0 Å². The Morgan fingerprint density at radius 1 is 1.32 bits per heavy atom. The lowest BCUT2D eigenvalue weighted by Crippen LogP contribution is -2.27. The van der Waals surface area contributed by atoms with Crippen LogP contribution in [0.2, 0.25) is 0 Å². The number of carbonyl (C=O) groups is 1. The van der Waals surface area contributed by atoms with E-state index < -0.39 is 16.0 Å². The van der Waals surface area contributed by atoms with Gasteiger partial charge in [0.1, 0.15) is 0 Å². The number of sulfonamides is 1. The van der Waals surface area contributed by atoms with E-state index in [4.69, 9.17) is 5.11 Å². The Balaban J connectivity index is 1.69. The second-order valence-corrected chi connectivity index (χ2v) is 8.28. The van der Waals surface area contributed by atoms with Crippen molar-refractivity contribution in [2.45, 2.75) is 12.8 Å². The summed E-state index contributed by atoms with van der Waals surface area (Å²) in [5.74, 6) is -0.734. The summed E-state index contributed by atoms with van der Waals surface area (Å²) in [6.45, 7) is 1.12. The van der Waals surface area contributed by atoms with Crippen LogP contribution in [0.4, 0.5) is 0 Å². The predicted octanol–water partition coefficient (Wildman–Crippen LogP) is 1.67. The van der Waals surface area contributed by atoms with E-state index in [1.807, 2.05) is 12.1 Å². The molecule has 2 aromatic heterocycles. The molecule has 1 atom stereocenters. The molecule has 0 saturated carbocycles. The molecule has 0 bridgehead atoms. The molecule has 2 aromatic rings. The molecule has 8 heteroatoms. The van der Waals surface area contributed by atoms with Gasteiger partial charge in [-0.1, -0.05) is 6.07 Å². The molecule has 25 heavy (non-hydrogen) atoms. The fourth-order valence-electron chi connectivity index (χ4n) is 3.01. The van der Waals surface area contributed by atoms with Gasteiger partial charge < -0.3 is 5.11 Å². The molecule has 1 N–H and O–H groups in total. The second kappa shape index (κ2) is 6.89. The van der Waals surface area contributed by atoms with Crippen LogP contribution in [0.5, 0.6) is 0 Å². The molecule has 1 fully saturated rings. The van der Waals surface area contributed by atoms with Gasteiger partial charge in [-0.05, 0) is 36.5 Å². The zero-order valence-corrected chi connectivity index (χ0v) is 14.6. The Hall–Kier alpha value is -2.32. The average molecular weight is 361 g/mol. The number of aromatic carboxylic acids is 1. The highest BCUT2D eigenvalue weighted by molar-refractivity contribution is 7.88. The summed E-state index contributed by atoms with van der Waals surface area (Å²) >= 11 is 0. The quantitative estimate of drug-likeness (QED) is 0.869. The molecule has 7 nitrogen and oxygen atoms in total. The van der Waals surface area contributed by atoms with Gasteiger partial charge in [-0.25, -0.2) is 17.5 Å². The lowest BCUT2D eigenvalue weighted by molar-refractivity contribution is 0.0696. The molecule has 1 aliphatic heterocycles. The van der Waals surface area contributed by atoms with Crippen LogP contribution in [0.3, 0.4) is 0 Å². The van der Waals surface area contributed by atoms with E-state index in [1.165, 1.54) is 22.8 Å². The highest BCUT2D eigenvalue weighted by Gasteiger charge is 2.28. The standard InChI is InChI=1S/C17H19N3O4S/c1-25(23,24)20-5-4-13(11-20)6-12-2-3-16(19-8-12)14-7-15(17(21)22)10-18-9-14/h2-3,7-10,13H,4-6,11H2,1H3,(H,21,22)/t13-/m1/s1. The topological polar surface area (TPSA) is 100 Å². The highest BCUT2D eigenvalue weighted by Crippen LogP contribution is 2.24. The summed E-state index contributed by atoms with van der Waals surface area (Å²) in [6, 6.07) is 5.32. The van der Waals surface area contributed by atoms with Crippen LogP contribution in [0.25, 0.3) is 11.3 Å². The van der Waals surface area contributed by atoms with Crippen LogP contribution in [-0.2, 0) is 16.4 Å². The first-order valence-corrected chi connectivity index (χ1v) is 9.76. The molecule has 0 amide bonds. The van der Waals surface area contributed by atoms with E-state index in [0.717, 1.165) is 18.4 Å². The molecule has 0 unspecified atom stereocenters. The minimum Gasteiger partial charge on any atom is -0.478 e. The van der Waals surface area contributed by atoms with E-state index in [1.54, 1.807) is 12.4 Å². The van der Waals surface area contributed by atoms with E-state index >= 15 is 0 Å². The Labute approximate surface area is 146 Å². The number of pyridine rings is 2. The minimum absolute atomic E-state index is 0.121. The molecule has 1 aliphatic rings. The van der Waals surface area contributed by atoms with Crippen LogP contribution in [0.1, 0.15) is 22.3 Å². The van der Waals surface area contributed by atoms with E-state index in [2.05, 4.69) is 9.97 Å². The van der Waals surface area contributed by atoms with E-state index in [9.17, 15) is 13.2 Å². The van der Waals surface area contributed by atoms with Crippen molar-refractivity contribution in [3.05, 3.63) is 47.9 Å². The average Bonchev–Trinajstić information content (AvgIpc) is 3.04. The Kier molecular flexibility index (Phi) is 4.82. The van der Waals surface area contributed by atoms with Crippen molar-refractivity contribution in [2.24, 2.45) is 5.92 Å². The molecule has 1 saturated heterocycles. The zero-order valence-electron chi connectivity index (χ0n) is 13.8. The van der Waals surface area contributed by atoms with Crippen LogP contribution in [0, 0.1) is 5.92 Å². The first kappa shape index (κ1) is 17.5. The lowest BCUT2D eigenvalue weighted by atomic mass is 9.99. The van der Waals surface area contributed by atoms with E-state index in [-0.39, 0.29) is 5.56 Å². The van der Waals surface area contributed by atoms with Crippen molar-refractivity contribution in [3.63, 3.8) is 0 Å². The summed E-state index contributed by atoms with van der Waals surface area (Å²) < 4.78 is 24.7. The maximum Gasteiger partial charge on any atom is 0.337 e. The number of aromatic nitrogens is 2. The maximum atomic E-state index is 11.6. The maximum absolute atomic E-state index is 11.6. The Morgan fingerprint density at radius 2 is 2.12 bits per heavy atom. The first-order chi connectivity index (χ1) is 11.8. The number of hydrogen-bond acceptors (Lipinski definition) is 5. The Bertz CT molecular complexity index is 881. The van der Waals surface area contributed by atoms with E-state index in [0.29, 0.717) is 30.3 Å². The SMILES string of the molecule is CS(=O)(=O)N1CC[C@H](Cc2ccc(-c3cncc(C(=O)O)c3)nc2)C1. The third kappa shape index (κ3) is 4.21. The van der Waals surface area contributed by atoms with Crippen LogP contribution < -0.4 is 0 Å². The summed E-state index contributed by atoms with van der Waals surface area (Å²) in [7, 11) is -3.12. The monoisotopic (exact) mass is 361 g/mol. The van der Waals surface area contributed by atoms with Gasteiger partial charge in [0.15, 0.2) is 0 Å². The van der Waals surface area contributed by atoms with Crippen molar-refractivity contribution >= 4 is 16.0 Å². The van der Waals surface area contributed by atoms with Crippen molar-refractivity contribution in [2.75, 3.05) is 19.3 Å². The smallest absolute Gasteiger partial charge is 0.337 e. The van der Waals surface area contributed by atoms with Gasteiger partial charge in [-0.2, -0.15) is 0 Å². The minimum atomic E-state index is -3.12. The fraction of sp³-hybridized carbons (Fsp3) is 0.353. The van der Waals surface area contributed by atoms with Gasteiger partial charge in [0, 0.05) is 37.2 Å². The van der Waals surface area contributed by atoms with Gasteiger partial charge >= 0.3 is 5.97 Å². The van der Waals surface area contributed by atoms with Crippen molar-refractivity contribution in [1.82, 2.24) is 14.3 Å². The molecular weight excluding hydrogens is 342 g/mol. The van der Waals surface area contributed by atoms with Gasteiger partial charge in [0.05, 0.1) is 17.5 Å². The van der Waals surface area contributed by atoms with Crippen molar-refractivity contribution in [3.8, 4) is 11.3 Å². The van der Waals surface area contributed by atoms with Gasteiger partial charge in [-0.15, -0.1) is 0 Å². The second-order valence-electron chi connectivity index (χ2n) is 6.30. The summed E-state index contributed by atoms with van der Waals surface area (Å²) in [5.41, 5.74) is 2.46. The molecule has 0 aromatic carbocycles. The first-order valence-electron chi connectivity index (χ1n) is 7.91. The summed E-state index contributed by atoms with van der Waals surface area (Å²) in [5, 5.41) is 9.03. The number of hydrogen-bond donors (Lipinski definition) is 1. The van der Waals surface area contributed by atoms with Gasteiger partial charge in [-0.3, -0.25) is 9.97 Å². The third-order valence-corrected chi connectivity index (χ3v) is 5.62. The number of nitrogens with zero attached hydrogens (tertiary/aromatic N) is 3. The lowest BCUT2D eigenvalue weighted by Gasteiger charge is -2.13. The largest absolute Gasteiger partial charge is 0.478 e. The van der Waals surface area contributed by atoms with Gasteiger partial charge in [0.25, 0.3) is 0 Å².